The van der Waals surface area contributed by atoms with Crippen LogP contribution >= 0.6 is 11.3 Å². The van der Waals surface area contributed by atoms with Gasteiger partial charge in [-0.05, 0) is 19.1 Å². The molecule has 1 atom stereocenters. The van der Waals surface area contributed by atoms with Crippen molar-refractivity contribution in [1.82, 2.24) is 19.9 Å². The number of amides is 1. The number of carbonyl (C=O) groups excluding carboxylic acids is 1. The number of fused-ring (bicyclic) bond motifs is 1. The second-order valence-electron chi connectivity index (χ2n) is 4.83. The number of rotatable bonds is 4. The zero-order valence-electron chi connectivity index (χ0n) is 11.5. The third kappa shape index (κ3) is 2.73. The first-order chi connectivity index (χ1) is 10.1. The third-order valence-corrected chi connectivity index (χ3v) is 4.27. The highest BCUT2D eigenvalue weighted by molar-refractivity contribution is 7.21. The summed E-state index contributed by atoms with van der Waals surface area (Å²) in [5.41, 5.74) is 7.16. The highest BCUT2D eigenvalue weighted by atomic mass is 32.1. The first-order valence-corrected chi connectivity index (χ1v) is 7.36. The standard InChI is InChI=1S/C14H15N5OS/c1-9(7-19-6-5-16-8-19)18-14(20)13-11(15)12-10(21-13)3-2-4-17-12/h2-6,8-9H,7,15H2,1H3,(H,18,20). The van der Waals surface area contributed by atoms with Crippen LogP contribution in [-0.4, -0.2) is 26.5 Å². The lowest BCUT2D eigenvalue weighted by Gasteiger charge is -2.13. The normalized spacial score (nSPS) is 12.4. The van der Waals surface area contributed by atoms with Crippen molar-refractivity contribution in [1.29, 1.82) is 0 Å². The Balaban J connectivity index is 1.76. The molecule has 3 heterocycles. The molecule has 3 aromatic heterocycles. The number of anilines is 1. The number of nitrogens with zero attached hydrogens (tertiary/aromatic N) is 3. The van der Waals surface area contributed by atoms with Crippen molar-refractivity contribution in [2.75, 3.05) is 5.73 Å². The van der Waals surface area contributed by atoms with Gasteiger partial charge in [0.15, 0.2) is 0 Å². The lowest BCUT2D eigenvalue weighted by Crippen LogP contribution is -2.35. The summed E-state index contributed by atoms with van der Waals surface area (Å²) in [7, 11) is 0. The summed E-state index contributed by atoms with van der Waals surface area (Å²) < 4.78 is 2.84. The minimum atomic E-state index is -0.164. The summed E-state index contributed by atoms with van der Waals surface area (Å²) in [5, 5.41) is 2.95. The molecule has 7 heteroatoms. The Morgan fingerprint density at radius 3 is 3.10 bits per heavy atom. The molecule has 0 saturated heterocycles. The van der Waals surface area contributed by atoms with Crippen LogP contribution in [0.15, 0.2) is 37.1 Å². The molecule has 1 amide bonds. The molecule has 3 N–H and O–H groups in total. The van der Waals surface area contributed by atoms with Gasteiger partial charge in [-0.15, -0.1) is 11.3 Å². The average molecular weight is 301 g/mol. The lowest BCUT2D eigenvalue weighted by atomic mass is 10.3. The van der Waals surface area contributed by atoms with Crippen molar-refractivity contribution >= 4 is 33.1 Å². The molecular formula is C14H15N5OS. The number of thiophene rings is 1. The van der Waals surface area contributed by atoms with E-state index in [-0.39, 0.29) is 11.9 Å². The molecule has 21 heavy (non-hydrogen) atoms. The number of imidazole rings is 1. The maximum absolute atomic E-state index is 12.3. The van der Waals surface area contributed by atoms with Crippen molar-refractivity contribution in [2.45, 2.75) is 19.5 Å². The van der Waals surface area contributed by atoms with E-state index in [2.05, 4.69) is 15.3 Å². The number of carbonyl (C=O) groups is 1. The van der Waals surface area contributed by atoms with Gasteiger partial charge in [-0.3, -0.25) is 9.78 Å². The van der Waals surface area contributed by atoms with Gasteiger partial charge in [-0.2, -0.15) is 0 Å². The fraction of sp³-hybridized carbons (Fsp3) is 0.214. The summed E-state index contributed by atoms with van der Waals surface area (Å²) in [4.78, 5) is 21.1. The predicted octanol–water partition coefficient (Wildman–Crippen LogP) is 1.89. The largest absolute Gasteiger partial charge is 0.396 e. The number of nitrogens with two attached hydrogens (primary N) is 1. The van der Waals surface area contributed by atoms with E-state index in [0.717, 1.165) is 4.70 Å². The van der Waals surface area contributed by atoms with Gasteiger partial charge in [-0.25, -0.2) is 4.98 Å². The average Bonchev–Trinajstić information content (AvgIpc) is 3.07. The van der Waals surface area contributed by atoms with E-state index >= 15 is 0 Å². The molecule has 108 valence electrons. The summed E-state index contributed by atoms with van der Waals surface area (Å²) in [6.45, 7) is 2.61. The van der Waals surface area contributed by atoms with Crippen LogP contribution in [0.3, 0.4) is 0 Å². The Morgan fingerprint density at radius 1 is 1.52 bits per heavy atom. The maximum atomic E-state index is 12.3. The molecule has 0 bridgehead atoms. The highest BCUT2D eigenvalue weighted by Crippen LogP contribution is 2.31. The maximum Gasteiger partial charge on any atom is 0.263 e. The van der Waals surface area contributed by atoms with Crippen molar-refractivity contribution in [2.24, 2.45) is 0 Å². The molecule has 3 aromatic rings. The predicted molar refractivity (Wildman–Crippen MR) is 83.2 cm³/mol. The van der Waals surface area contributed by atoms with E-state index in [1.165, 1.54) is 11.3 Å². The van der Waals surface area contributed by atoms with Gasteiger partial charge >= 0.3 is 0 Å². The molecule has 0 aromatic carbocycles. The number of nitrogen functional groups attached to an aromatic ring is 1. The Labute approximate surface area is 125 Å². The van der Waals surface area contributed by atoms with Crippen LogP contribution in [-0.2, 0) is 6.54 Å². The van der Waals surface area contributed by atoms with Gasteiger partial charge in [0.25, 0.3) is 5.91 Å². The van der Waals surface area contributed by atoms with Crippen LogP contribution in [0.1, 0.15) is 16.6 Å². The number of nitrogens with one attached hydrogen (secondary N) is 1. The fourth-order valence-electron chi connectivity index (χ4n) is 2.16. The summed E-state index contributed by atoms with van der Waals surface area (Å²) in [6, 6.07) is 3.72. The Kier molecular flexibility index (Phi) is 3.57. The number of pyridine rings is 1. The van der Waals surface area contributed by atoms with E-state index in [9.17, 15) is 4.79 Å². The minimum absolute atomic E-state index is 0.0238. The van der Waals surface area contributed by atoms with Gasteiger partial charge in [0, 0.05) is 31.2 Å². The third-order valence-electron chi connectivity index (χ3n) is 3.11. The zero-order valence-corrected chi connectivity index (χ0v) is 12.3. The van der Waals surface area contributed by atoms with E-state index in [1.807, 2.05) is 29.8 Å². The molecule has 0 aliphatic carbocycles. The van der Waals surface area contributed by atoms with Crippen molar-refractivity contribution < 1.29 is 4.79 Å². The van der Waals surface area contributed by atoms with Crippen LogP contribution in [0.2, 0.25) is 0 Å². The monoisotopic (exact) mass is 301 g/mol. The number of hydrogen-bond acceptors (Lipinski definition) is 5. The molecule has 0 spiro atoms. The zero-order chi connectivity index (χ0) is 14.8. The van der Waals surface area contributed by atoms with Crippen LogP contribution in [0.4, 0.5) is 5.69 Å². The molecule has 6 nitrogen and oxygen atoms in total. The SMILES string of the molecule is CC(Cn1ccnc1)NC(=O)c1sc2cccnc2c1N. The molecule has 0 saturated carbocycles. The van der Waals surface area contributed by atoms with Gasteiger partial charge in [-0.1, -0.05) is 0 Å². The second-order valence-corrected chi connectivity index (χ2v) is 5.88. The van der Waals surface area contributed by atoms with E-state index < -0.39 is 0 Å². The summed E-state index contributed by atoms with van der Waals surface area (Å²) in [5.74, 6) is -0.164. The Hall–Kier alpha value is -2.41. The van der Waals surface area contributed by atoms with Crippen LogP contribution in [0, 0.1) is 0 Å². The second kappa shape index (κ2) is 5.53. The smallest absolute Gasteiger partial charge is 0.263 e. The lowest BCUT2D eigenvalue weighted by molar-refractivity contribution is 0.0941. The van der Waals surface area contributed by atoms with Gasteiger partial charge in [0.05, 0.1) is 16.7 Å². The number of hydrogen-bond donors (Lipinski definition) is 2. The minimum Gasteiger partial charge on any atom is -0.396 e. The number of aromatic nitrogens is 3. The van der Waals surface area contributed by atoms with Crippen LogP contribution < -0.4 is 11.1 Å². The molecule has 1 unspecified atom stereocenters. The van der Waals surface area contributed by atoms with Gasteiger partial charge in [0.2, 0.25) is 0 Å². The topological polar surface area (TPSA) is 85.8 Å². The van der Waals surface area contributed by atoms with Gasteiger partial charge in [0.1, 0.15) is 10.4 Å². The molecule has 0 radical (unpaired) electrons. The summed E-state index contributed by atoms with van der Waals surface area (Å²) in [6.07, 6.45) is 6.97. The quantitative estimate of drug-likeness (QED) is 0.770. The fourth-order valence-corrected chi connectivity index (χ4v) is 3.15. The Bertz CT molecular complexity index is 765. The first kappa shape index (κ1) is 13.6. The van der Waals surface area contributed by atoms with Gasteiger partial charge < -0.3 is 15.6 Å². The first-order valence-electron chi connectivity index (χ1n) is 6.54. The molecule has 0 aliphatic rings. The van der Waals surface area contributed by atoms with E-state index in [4.69, 9.17) is 5.73 Å². The molecule has 3 rings (SSSR count). The molecule has 0 fully saturated rings. The molecule has 0 aliphatic heterocycles. The van der Waals surface area contributed by atoms with Crippen LogP contribution in [0.5, 0.6) is 0 Å². The van der Waals surface area contributed by atoms with Crippen molar-refractivity contribution in [3.8, 4) is 0 Å². The van der Waals surface area contributed by atoms with E-state index in [1.54, 1.807) is 18.7 Å². The highest BCUT2D eigenvalue weighted by Gasteiger charge is 2.18. The van der Waals surface area contributed by atoms with E-state index in [0.29, 0.717) is 22.6 Å². The Morgan fingerprint density at radius 2 is 2.38 bits per heavy atom. The van der Waals surface area contributed by atoms with Crippen molar-refractivity contribution in [3.05, 3.63) is 41.9 Å². The molecular weight excluding hydrogens is 286 g/mol. The van der Waals surface area contributed by atoms with Crippen molar-refractivity contribution in [3.63, 3.8) is 0 Å². The summed E-state index contributed by atoms with van der Waals surface area (Å²) >= 11 is 1.36. The van der Waals surface area contributed by atoms with Crippen LogP contribution in [0.25, 0.3) is 10.2 Å².